The van der Waals surface area contributed by atoms with Gasteiger partial charge in [0.25, 0.3) is 0 Å². The lowest BCUT2D eigenvalue weighted by atomic mass is 10.0. The van der Waals surface area contributed by atoms with Crippen molar-refractivity contribution in [1.29, 1.82) is 0 Å². The normalized spacial score (nSPS) is 13.6. The number of halogens is 1. The van der Waals surface area contributed by atoms with Crippen molar-refractivity contribution in [1.82, 2.24) is 10.6 Å². The Kier molecular flexibility index (Phi) is 15.4. The third kappa shape index (κ3) is 11.4. The molecule has 1 rings (SSSR count). The van der Waals surface area contributed by atoms with Crippen LogP contribution in [0.1, 0.15) is 47.0 Å². The SMILES string of the molecule is CCCC(CCO)CN=C(NCC)NCC(Nc1ccccc1)C(C)C.I. The van der Waals surface area contributed by atoms with E-state index >= 15 is 0 Å². The Morgan fingerprint density at radius 1 is 1.07 bits per heavy atom. The molecule has 2 atom stereocenters. The summed E-state index contributed by atoms with van der Waals surface area (Å²) in [5.41, 5.74) is 1.14. The van der Waals surface area contributed by atoms with Gasteiger partial charge in [-0.3, -0.25) is 4.99 Å². The minimum Gasteiger partial charge on any atom is -0.396 e. The molecule has 0 aliphatic rings. The first-order valence-electron chi connectivity index (χ1n) is 10.0. The standard InChI is InChI=1S/C21H38N4O.HI/c1-5-10-18(13-14-26)15-23-21(22-6-2)24-16-20(17(3)4)25-19-11-8-7-9-12-19;/h7-9,11-12,17-18,20,25-26H,5-6,10,13-16H2,1-4H3,(H2,22,23,24);1H. The van der Waals surface area contributed by atoms with E-state index in [2.05, 4.69) is 55.8 Å². The van der Waals surface area contributed by atoms with E-state index in [0.29, 0.717) is 17.9 Å². The van der Waals surface area contributed by atoms with Gasteiger partial charge in [-0.25, -0.2) is 0 Å². The van der Waals surface area contributed by atoms with E-state index < -0.39 is 0 Å². The van der Waals surface area contributed by atoms with Crippen LogP contribution < -0.4 is 16.0 Å². The summed E-state index contributed by atoms with van der Waals surface area (Å²) in [4.78, 5) is 4.74. The summed E-state index contributed by atoms with van der Waals surface area (Å²) in [6.07, 6.45) is 3.05. The molecule has 6 heteroatoms. The molecule has 0 spiro atoms. The van der Waals surface area contributed by atoms with E-state index in [4.69, 9.17) is 4.99 Å². The van der Waals surface area contributed by atoms with Gasteiger partial charge in [0, 0.05) is 38.0 Å². The fourth-order valence-corrected chi connectivity index (χ4v) is 2.89. The smallest absolute Gasteiger partial charge is 0.191 e. The molecule has 5 nitrogen and oxygen atoms in total. The molecule has 0 radical (unpaired) electrons. The molecule has 0 aliphatic heterocycles. The van der Waals surface area contributed by atoms with Crippen LogP contribution in [0.5, 0.6) is 0 Å². The molecular formula is C21H39IN4O. The maximum atomic E-state index is 9.22. The number of benzene rings is 1. The molecule has 27 heavy (non-hydrogen) atoms. The van der Waals surface area contributed by atoms with E-state index in [1.807, 2.05) is 18.2 Å². The van der Waals surface area contributed by atoms with Crippen molar-refractivity contribution < 1.29 is 5.11 Å². The van der Waals surface area contributed by atoms with Gasteiger partial charge in [0.05, 0.1) is 0 Å². The molecule has 0 saturated heterocycles. The van der Waals surface area contributed by atoms with Gasteiger partial charge >= 0.3 is 0 Å². The molecule has 0 aromatic heterocycles. The highest BCUT2D eigenvalue weighted by Gasteiger charge is 2.14. The van der Waals surface area contributed by atoms with E-state index in [1.165, 1.54) is 0 Å². The molecule has 2 unspecified atom stereocenters. The lowest BCUT2D eigenvalue weighted by Crippen LogP contribution is -2.45. The van der Waals surface area contributed by atoms with Crippen LogP contribution in [0.2, 0.25) is 0 Å². The maximum absolute atomic E-state index is 9.22. The van der Waals surface area contributed by atoms with Crippen molar-refractivity contribution in [2.45, 2.75) is 53.0 Å². The molecule has 0 aliphatic carbocycles. The van der Waals surface area contributed by atoms with Crippen molar-refractivity contribution in [3.63, 3.8) is 0 Å². The van der Waals surface area contributed by atoms with Crippen LogP contribution in [-0.2, 0) is 0 Å². The Balaban J connectivity index is 0.00000676. The number of anilines is 1. The number of aliphatic hydroxyl groups excluding tert-OH is 1. The van der Waals surface area contributed by atoms with Crippen molar-refractivity contribution in [2.75, 3.05) is 31.6 Å². The molecule has 1 aromatic rings. The van der Waals surface area contributed by atoms with E-state index in [0.717, 1.165) is 50.5 Å². The number of nitrogens with zero attached hydrogens (tertiary/aromatic N) is 1. The van der Waals surface area contributed by atoms with Gasteiger partial charge in [-0.05, 0) is 43.7 Å². The second-order valence-electron chi connectivity index (χ2n) is 7.13. The van der Waals surface area contributed by atoms with E-state index in [-0.39, 0.29) is 30.6 Å². The predicted octanol–water partition coefficient (Wildman–Crippen LogP) is 4.09. The van der Waals surface area contributed by atoms with Crippen molar-refractivity contribution in [2.24, 2.45) is 16.8 Å². The minimum atomic E-state index is 0. The molecule has 1 aromatic carbocycles. The third-order valence-corrected chi connectivity index (χ3v) is 4.51. The number of guanidine groups is 1. The van der Waals surface area contributed by atoms with Gasteiger partial charge < -0.3 is 21.1 Å². The first kappa shape index (κ1) is 26.0. The van der Waals surface area contributed by atoms with Crippen LogP contribution >= 0.6 is 24.0 Å². The summed E-state index contributed by atoms with van der Waals surface area (Å²) >= 11 is 0. The molecule has 156 valence electrons. The number of para-hydroxylation sites is 1. The Labute approximate surface area is 182 Å². The lowest BCUT2D eigenvalue weighted by molar-refractivity contribution is 0.253. The highest BCUT2D eigenvalue weighted by atomic mass is 127. The minimum absolute atomic E-state index is 0. The van der Waals surface area contributed by atoms with Crippen LogP contribution in [0.15, 0.2) is 35.3 Å². The molecule has 0 amide bonds. The van der Waals surface area contributed by atoms with Gasteiger partial charge in [-0.15, -0.1) is 24.0 Å². The zero-order chi connectivity index (χ0) is 19.2. The van der Waals surface area contributed by atoms with Gasteiger partial charge in [-0.2, -0.15) is 0 Å². The zero-order valence-corrected chi connectivity index (χ0v) is 19.7. The van der Waals surface area contributed by atoms with Crippen LogP contribution in [0, 0.1) is 11.8 Å². The number of aliphatic hydroxyl groups is 1. The largest absolute Gasteiger partial charge is 0.396 e. The summed E-state index contributed by atoms with van der Waals surface area (Å²) in [6.45, 7) is 11.3. The molecular weight excluding hydrogens is 451 g/mol. The van der Waals surface area contributed by atoms with Crippen LogP contribution in [0.3, 0.4) is 0 Å². The van der Waals surface area contributed by atoms with Crippen molar-refractivity contribution in [3.05, 3.63) is 30.3 Å². The Morgan fingerprint density at radius 3 is 2.33 bits per heavy atom. The predicted molar refractivity (Wildman–Crippen MR) is 128 cm³/mol. The Hall–Kier alpha value is -1.02. The quantitative estimate of drug-likeness (QED) is 0.202. The third-order valence-electron chi connectivity index (χ3n) is 4.51. The number of hydrogen-bond donors (Lipinski definition) is 4. The molecule has 0 saturated carbocycles. The van der Waals surface area contributed by atoms with Crippen LogP contribution in [0.4, 0.5) is 5.69 Å². The van der Waals surface area contributed by atoms with Crippen molar-refractivity contribution in [3.8, 4) is 0 Å². The fourth-order valence-electron chi connectivity index (χ4n) is 2.89. The zero-order valence-electron chi connectivity index (χ0n) is 17.4. The second kappa shape index (κ2) is 16.0. The summed E-state index contributed by atoms with van der Waals surface area (Å²) in [7, 11) is 0. The highest BCUT2D eigenvalue weighted by molar-refractivity contribution is 14.0. The maximum Gasteiger partial charge on any atom is 0.191 e. The second-order valence-corrected chi connectivity index (χ2v) is 7.13. The summed E-state index contributed by atoms with van der Waals surface area (Å²) < 4.78 is 0. The molecule has 0 heterocycles. The fraction of sp³-hybridized carbons (Fsp3) is 0.667. The highest BCUT2D eigenvalue weighted by Crippen LogP contribution is 2.12. The van der Waals surface area contributed by atoms with Crippen LogP contribution in [-0.4, -0.2) is 43.3 Å². The molecule has 0 fully saturated rings. The number of aliphatic imine (C=N–C) groups is 1. The van der Waals surface area contributed by atoms with E-state index in [9.17, 15) is 5.11 Å². The van der Waals surface area contributed by atoms with Gasteiger partial charge in [0.1, 0.15) is 0 Å². The van der Waals surface area contributed by atoms with Gasteiger partial charge in [-0.1, -0.05) is 45.4 Å². The van der Waals surface area contributed by atoms with Gasteiger partial charge in [0.15, 0.2) is 5.96 Å². The topological polar surface area (TPSA) is 68.7 Å². The van der Waals surface area contributed by atoms with Crippen LogP contribution in [0.25, 0.3) is 0 Å². The monoisotopic (exact) mass is 490 g/mol. The average molecular weight is 490 g/mol. The molecule has 4 N–H and O–H groups in total. The first-order chi connectivity index (χ1) is 12.6. The van der Waals surface area contributed by atoms with E-state index in [1.54, 1.807) is 0 Å². The molecule has 0 bridgehead atoms. The first-order valence-corrected chi connectivity index (χ1v) is 10.0. The lowest BCUT2D eigenvalue weighted by Gasteiger charge is -2.25. The average Bonchev–Trinajstić information content (AvgIpc) is 2.63. The number of nitrogens with one attached hydrogen (secondary N) is 3. The number of rotatable bonds is 12. The summed E-state index contributed by atoms with van der Waals surface area (Å²) in [5.74, 6) is 1.80. The summed E-state index contributed by atoms with van der Waals surface area (Å²) in [5, 5.41) is 19.6. The van der Waals surface area contributed by atoms with Crippen molar-refractivity contribution >= 4 is 35.6 Å². The number of hydrogen-bond acceptors (Lipinski definition) is 3. The Bertz CT molecular complexity index is 490. The van der Waals surface area contributed by atoms with Gasteiger partial charge in [0.2, 0.25) is 0 Å². The summed E-state index contributed by atoms with van der Waals surface area (Å²) in [6, 6.07) is 10.6. The Morgan fingerprint density at radius 2 is 1.78 bits per heavy atom.